The van der Waals surface area contributed by atoms with Crippen LogP contribution in [0.4, 0.5) is 0 Å². The molecule has 1 aliphatic heterocycles. The summed E-state index contributed by atoms with van der Waals surface area (Å²) in [6.45, 7) is 6.08. The van der Waals surface area contributed by atoms with E-state index in [2.05, 4.69) is 4.98 Å². The van der Waals surface area contributed by atoms with Crippen LogP contribution in [0.2, 0.25) is 0 Å². The second-order valence-electron chi connectivity index (χ2n) is 8.26. The van der Waals surface area contributed by atoms with Crippen molar-refractivity contribution in [3.8, 4) is 0 Å². The van der Waals surface area contributed by atoms with Crippen LogP contribution in [-0.2, 0) is 16.1 Å². The fraction of sp³-hybridized carbons (Fsp3) is 0.435. The number of hydrogen-bond acceptors (Lipinski definition) is 4. The summed E-state index contributed by atoms with van der Waals surface area (Å²) < 4.78 is 0. The number of amides is 1. The Kier molecular flexibility index (Phi) is 5.75. The molecule has 2 heterocycles. The van der Waals surface area contributed by atoms with Crippen LogP contribution in [0.25, 0.3) is 0 Å². The molecule has 0 radical (unpaired) electrons. The predicted molar refractivity (Wildman–Crippen MR) is 111 cm³/mol. The molecule has 3 rings (SSSR count). The maximum absolute atomic E-state index is 13.5. The molecule has 2 aromatic rings. The van der Waals surface area contributed by atoms with E-state index in [1.165, 1.54) is 0 Å². The summed E-state index contributed by atoms with van der Waals surface area (Å²) in [5, 5.41) is 9.91. The molecule has 154 valence electrons. The largest absolute Gasteiger partial charge is 0.480 e. The van der Waals surface area contributed by atoms with Crippen molar-refractivity contribution in [2.75, 3.05) is 14.1 Å². The Labute approximate surface area is 172 Å². The van der Waals surface area contributed by atoms with E-state index in [0.717, 1.165) is 22.4 Å². The lowest BCUT2D eigenvalue weighted by molar-refractivity contribution is -0.148. The summed E-state index contributed by atoms with van der Waals surface area (Å²) in [4.78, 5) is 33.5. The molecule has 0 bridgehead atoms. The van der Waals surface area contributed by atoms with E-state index >= 15 is 0 Å². The molecule has 1 aromatic carbocycles. The van der Waals surface area contributed by atoms with Crippen molar-refractivity contribution in [1.29, 1.82) is 0 Å². The molecular weight excluding hydrogens is 366 g/mol. The van der Waals surface area contributed by atoms with Gasteiger partial charge in [-0.2, -0.15) is 0 Å². The minimum Gasteiger partial charge on any atom is -0.480 e. The number of aryl methyl sites for hydroxylation is 2. The molecule has 1 N–H and O–H groups in total. The van der Waals surface area contributed by atoms with Gasteiger partial charge in [0.15, 0.2) is 0 Å². The highest BCUT2D eigenvalue weighted by Gasteiger charge is 2.55. The minimum absolute atomic E-state index is 0.0554. The second kappa shape index (κ2) is 7.95. The first-order valence-corrected chi connectivity index (χ1v) is 9.84. The van der Waals surface area contributed by atoms with Gasteiger partial charge in [0.1, 0.15) is 5.54 Å². The van der Waals surface area contributed by atoms with Gasteiger partial charge >= 0.3 is 5.97 Å². The third-order valence-corrected chi connectivity index (χ3v) is 6.36. The zero-order valence-corrected chi connectivity index (χ0v) is 17.7. The molecule has 6 nitrogen and oxygen atoms in total. The number of carbonyl (C=O) groups is 2. The van der Waals surface area contributed by atoms with Gasteiger partial charge in [-0.25, -0.2) is 0 Å². The number of likely N-dealkylation sites (tertiary alicyclic amines) is 1. The van der Waals surface area contributed by atoms with Crippen LogP contribution in [0.15, 0.2) is 42.6 Å². The van der Waals surface area contributed by atoms with Gasteiger partial charge in [-0.3, -0.25) is 19.5 Å². The van der Waals surface area contributed by atoms with Crippen LogP contribution >= 0.6 is 0 Å². The Morgan fingerprint density at radius 1 is 1.21 bits per heavy atom. The predicted octanol–water partition coefficient (Wildman–Crippen LogP) is 3.19. The smallest absolute Gasteiger partial charge is 0.323 e. The van der Waals surface area contributed by atoms with E-state index in [0.29, 0.717) is 6.54 Å². The number of carboxylic acids is 1. The summed E-state index contributed by atoms with van der Waals surface area (Å²) in [5.74, 6) is -1.41. The molecule has 29 heavy (non-hydrogen) atoms. The molecule has 1 aromatic heterocycles. The van der Waals surface area contributed by atoms with Crippen molar-refractivity contribution in [1.82, 2.24) is 14.8 Å². The van der Waals surface area contributed by atoms with Crippen LogP contribution in [0.5, 0.6) is 0 Å². The van der Waals surface area contributed by atoms with Crippen molar-refractivity contribution in [2.45, 2.75) is 45.3 Å². The number of carbonyl (C=O) groups excluding carboxylic acids is 1. The molecular formula is C23H29N3O3. The lowest BCUT2D eigenvalue weighted by Gasteiger charge is -2.33. The Balaban J connectivity index is 1.95. The quantitative estimate of drug-likeness (QED) is 0.842. The first-order chi connectivity index (χ1) is 13.7. The number of aromatic nitrogens is 1. The SMILES string of the molecule is Cc1ccccc1[C@H]1[C@@H](C(=O)N(C)Cc2ncccc2C)C[C@@](C)(C(=O)O)N1C. The summed E-state index contributed by atoms with van der Waals surface area (Å²) in [6, 6.07) is 11.4. The number of hydrogen-bond donors (Lipinski definition) is 1. The molecule has 1 saturated heterocycles. The van der Waals surface area contributed by atoms with Crippen LogP contribution in [0.1, 0.15) is 41.8 Å². The van der Waals surface area contributed by atoms with Gasteiger partial charge in [0.05, 0.1) is 18.2 Å². The number of benzene rings is 1. The molecule has 0 aliphatic carbocycles. The van der Waals surface area contributed by atoms with E-state index in [1.54, 1.807) is 32.1 Å². The van der Waals surface area contributed by atoms with E-state index in [9.17, 15) is 14.7 Å². The second-order valence-corrected chi connectivity index (χ2v) is 8.26. The molecule has 0 unspecified atom stereocenters. The van der Waals surface area contributed by atoms with Crippen molar-refractivity contribution in [2.24, 2.45) is 5.92 Å². The lowest BCUT2D eigenvalue weighted by Crippen LogP contribution is -2.46. The van der Waals surface area contributed by atoms with Crippen LogP contribution in [0.3, 0.4) is 0 Å². The third-order valence-electron chi connectivity index (χ3n) is 6.36. The first-order valence-electron chi connectivity index (χ1n) is 9.84. The Morgan fingerprint density at radius 2 is 1.86 bits per heavy atom. The highest BCUT2D eigenvalue weighted by molar-refractivity contribution is 5.85. The summed E-state index contributed by atoms with van der Waals surface area (Å²) >= 11 is 0. The van der Waals surface area contributed by atoms with Crippen LogP contribution in [-0.4, -0.2) is 51.4 Å². The number of pyridine rings is 1. The number of carboxylic acid groups (broad SMARTS) is 1. The molecule has 6 heteroatoms. The normalized spacial score (nSPS) is 24.4. The molecule has 0 spiro atoms. The Hall–Kier alpha value is -2.73. The van der Waals surface area contributed by atoms with Gasteiger partial charge in [-0.05, 0) is 57.0 Å². The fourth-order valence-corrected chi connectivity index (χ4v) is 4.33. The number of rotatable bonds is 5. The average molecular weight is 396 g/mol. The van der Waals surface area contributed by atoms with Gasteiger partial charge in [-0.1, -0.05) is 30.3 Å². The highest BCUT2D eigenvalue weighted by Crippen LogP contribution is 2.47. The zero-order chi connectivity index (χ0) is 21.3. The molecule has 1 fully saturated rings. The monoisotopic (exact) mass is 395 g/mol. The fourth-order valence-electron chi connectivity index (χ4n) is 4.33. The van der Waals surface area contributed by atoms with E-state index in [4.69, 9.17) is 0 Å². The Bertz CT molecular complexity index is 929. The Morgan fingerprint density at radius 3 is 2.48 bits per heavy atom. The standard InChI is InChI=1S/C23H29N3O3/c1-15-9-6-7-11-17(15)20-18(13-23(3,22(28)29)26(20)5)21(27)25(4)14-19-16(2)10-8-12-24-19/h6-12,18,20H,13-14H2,1-5H3,(H,28,29)/t18-,20-,23-/m0/s1. The molecule has 1 amide bonds. The van der Waals surface area contributed by atoms with Crippen molar-refractivity contribution < 1.29 is 14.7 Å². The van der Waals surface area contributed by atoms with E-state index < -0.39 is 17.4 Å². The van der Waals surface area contributed by atoms with E-state index in [1.807, 2.05) is 55.1 Å². The van der Waals surface area contributed by atoms with E-state index in [-0.39, 0.29) is 18.4 Å². The maximum atomic E-state index is 13.5. The van der Waals surface area contributed by atoms with Crippen molar-refractivity contribution >= 4 is 11.9 Å². The molecule has 0 saturated carbocycles. The average Bonchev–Trinajstić information content (AvgIpc) is 2.96. The summed E-state index contributed by atoms with van der Waals surface area (Å²) in [7, 11) is 3.57. The number of likely N-dealkylation sites (N-methyl/N-ethyl adjacent to an activating group) is 1. The van der Waals surface area contributed by atoms with Gasteiger partial charge in [0.25, 0.3) is 0 Å². The topological polar surface area (TPSA) is 73.7 Å². The maximum Gasteiger partial charge on any atom is 0.323 e. The molecule has 3 atom stereocenters. The zero-order valence-electron chi connectivity index (χ0n) is 17.7. The summed E-state index contributed by atoms with van der Waals surface area (Å²) in [5.41, 5.74) is 2.83. The number of aliphatic carboxylic acids is 1. The highest BCUT2D eigenvalue weighted by atomic mass is 16.4. The third kappa shape index (κ3) is 3.77. The van der Waals surface area contributed by atoms with Crippen molar-refractivity contribution in [3.05, 3.63) is 65.0 Å². The van der Waals surface area contributed by atoms with Crippen LogP contribution < -0.4 is 0 Å². The number of nitrogens with zero attached hydrogens (tertiary/aromatic N) is 3. The molecule has 1 aliphatic rings. The van der Waals surface area contributed by atoms with Crippen molar-refractivity contribution in [3.63, 3.8) is 0 Å². The van der Waals surface area contributed by atoms with Gasteiger partial charge in [0.2, 0.25) is 5.91 Å². The van der Waals surface area contributed by atoms with Crippen LogP contribution in [0, 0.1) is 19.8 Å². The van der Waals surface area contributed by atoms with Gasteiger partial charge < -0.3 is 10.0 Å². The summed E-state index contributed by atoms with van der Waals surface area (Å²) in [6.07, 6.45) is 1.99. The minimum atomic E-state index is -1.10. The van der Waals surface area contributed by atoms with Gasteiger partial charge in [0, 0.05) is 19.3 Å². The van der Waals surface area contributed by atoms with Gasteiger partial charge in [-0.15, -0.1) is 0 Å². The first kappa shape index (κ1) is 21.0. The lowest BCUT2D eigenvalue weighted by atomic mass is 9.87.